The summed E-state index contributed by atoms with van der Waals surface area (Å²) < 4.78 is 0. The van der Waals surface area contributed by atoms with Gasteiger partial charge in [0, 0.05) is 5.88 Å². The van der Waals surface area contributed by atoms with Gasteiger partial charge in [-0.3, -0.25) is 0 Å². The molecule has 13 heavy (non-hydrogen) atoms. The van der Waals surface area contributed by atoms with Crippen LogP contribution in [0.2, 0.25) is 0 Å². The van der Waals surface area contributed by atoms with Crippen molar-refractivity contribution in [1.29, 1.82) is 0 Å². The monoisotopic (exact) mass is 198 g/mol. The lowest BCUT2D eigenvalue weighted by molar-refractivity contribution is 0.466. The van der Waals surface area contributed by atoms with Crippen LogP contribution in [0, 0.1) is 0 Å². The lowest BCUT2D eigenvalue weighted by Gasteiger charge is -2.05. The molecule has 0 unspecified atom stereocenters. The highest BCUT2D eigenvalue weighted by molar-refractivity contribution is 6.17. The van der Waals surface area contributed by atoms with E-state index in [9.17, 15) is 5.11 Å². The first-order valence-electron chi connectivity index (χ1n) is 4.64. The molecular weight excluding hydrogens is 184 g/mol. The second-order valence-corrected chi connectivity index (χ2v) is 3.47. The molecule has 0 bridgehead atoms. The van der Waals surface area contributed by atoms with E-state index >= 15 is 0 Å². The third-order valence-electron chi connectivity index (χ3n) is 2.10. The Morgan fingerprint density at radius 2 is 2.15 bits per heavy atom. The normalized spacial score (nSPS) is 10.3. The third kappa shape index (κ3) is 2.92. The minimum Gasteiger partial charge on any atom is -0.508 e. The first kappa shape index (κ1) is 10.4. The van der Waals surface area contributed by atoms with Gasteiger partial charge in [-0.05, 0) is 30.0 Å². The highest BCUT2D eigenvalue weighted by atomic mass is 35.5. The van der Waals surface area contributed by atoms with Crippen molar-refractivity contribution in [2.45, 2.75) is 32.1 Å². The fraction of sp³-hybridized carbons (Fsp3) is 0.455. The number of aryl methyl sites for hydroxylation is 1. The Hall–Kier alpha value is -0.690. The molecule has 0 saturated heterocycles. The summed E-state index contributed by atoms with van der Waals surface area (Å²) in [6.45, 7) is 2.14. The SMILES string of the molecule is CCCCc1cc(CCl)ccc1O. The molecule has 0 aromatic heterocycles. The second kappa shape index (κ2) is 5.13. The molecule has 2 heteroatoms. The largest absolute Gasteiger partial charge is 0.508 e. The van der Waals surface area contributed by atoms with Crippen molar-refractivity contribution in [3.8, 4) is 5.75 Å². The molecule has 1 aromatic carbocycles. The fourth-order valence-electron chi connectivity index (χ4n) is 1.29. The van der Waals surface area contributed by atoms with Crippen LogP contribution in [0.3, 0.4) is 0 Å². The van der Waals surface area contributed by atoms with Crippen LogP contribution in [-0.2, 0) is 12.3 Å². The van der Waals surface area contributed by atoms with Gasteiger partial charge >= 0.3 is 0 Å². The molecule has 0 atom stereocenters. The summed E-state index contributed by atoms with van der Waals surface area (Å²) >= 11 is 5.70. The van der Waals surface area contributed by atoms with Gasteiger partial charge in [0.05, 0.1) is 0 Å². The van der Waals surface area contributed by atoms with Crippen molar-refractivity contribution in [2.75, 3.05) is 0 Å². The molecule has 0 saturated carbocycles. The first-order chi connectivity index (χ1) is 6.27. The molecule has 1 aromatic rings. The zero-order chi connectivity index (χ0) is 9.68. The number of phenolic OH excluding ortho intramolecular Hbond substituents is 1. The zero-order valence-electron chi connectivity index (χ0n) is 7.89. The predicted molar refractivity (Wildman–Crippen MR) is 56.3 cm³/mol. The van der Waals surface area contributed by atoms with E-state index in [0.29, 0.717) is 11.6 Å². The highest BCUT2D eigenvalue weighted by Gasteiger charge is 2.01. The van der Waals surface area contributed by atoms with Gasteiger partial charge in [0.2, 0.25) is 0 Å². The topological polar surface area (TPSA) is 20.2 Å². The maximum absolute atomic E-state index is 9.51. The van der Waals surface area contributed by atoms with Crippen LogP contribution in [-0.4, -0.2) is 5.11 Å². The second-order valence-electron chi connectivity index (χ2n) is 3.20. The van der Waals surface area contributed by atoms with Crippen LogP contribution >= 0.6 is 11.6 Å². The summed E-state index contributed by atoms with van der Waals surface area (Å²) in [5.41, 5.74) is 2.09. The van der Waals surface area contributed by atoms with E-state index in [4.69, 9.17) is 11.6 Å². The molecule has 0 aliphatic carbocycles. The lowest BCUT2D eigenvalue weighted by Crippen LogP contribution is -1.88. The maximum Gasteiger partial charge on any atom is 0.118 e. The molecule has 0 amide bonds. The van der Waals surface area contributed by atoms with Crippen LogP contribution in [0.1, 0.15) is 30.9 Å². The molecule has 1 nitrogen and oxygen atoms in total. The number of rotatable bonds is 4. The van der Waals surface area contributed by atoms with Gasteiger partial charge < -0.3 is 5.11 Å². The standard InChI is InChI=1S/C11H15ClO/c1-2-3-4-10-7-9(8-12)5-6-11(10)13/h5-7,13H,2-4,8H2,1H3. The Morgan fingerprint density at radius 1 is 1.38 bits per heavy atom. The summed E-state index contributed by atoms with van der Waals surface area (Å²) in [4.78, 5) is 0. The molecule has 0 spiro atoms. The van der Waals surface area contributed by atoms with Crippen molar-refractivity contribution in [3.05, 3.63) is 29.3 Å². The summed E-state index contributed by atoms with van der Waals surface area (Å²) in [7, 11) is 0. The molecule has 0 radical (unpaired) electrons. The number of halogens is 1. The smallest absolute Gasteiger partial charge is 0.118 e. The molecule has 1 N–H and O–H groups in total. The van der Waals surface area contributed by atoms with E-state index in [2.05, 4.69) is 6.92 Å². The Bertz CT molecular complexity index is 271. The van der Waals surface area contributed by atoms with E-state index in [-0.39, 0.29) is 0 Å². The third-order valence-corrected chi connectivity index (χ3v) is 2.41. The number of unbranched alkanes of at least 4 members (excludes halogenated alkanes) is 1. The summed E-state index contributed by atoms with van der Waals surface area (Å²) in [5, 5.41) is 9.51. The summed E-state index contributed by atoms with van der Waals surface area (Å²) in [5.74, 6) is 0.904. The number of hydrogen-bond acceptors (Lipinski definition) is 1. The quantitative estimate of drug-likeness (QED) is 0.735. The van der Waals surface area contributed by atoms with Crippen molar-refractivity contribution in [3.63, 3.8) is 0 Å². The average Bonchev–Trinajstić information content (AvgIpc) is 2.17. The minimum absolute atomic E-state index is 0.391. The Kier molecular flexibility index (Phi) is 4.10. The van der Waals surface area contributed by atoms with Gasteiger partial charge in [0.25, 0.3) is 0 Å². The molecular formula is C11H15ClO. The average molecular weight is 199 g/mol. The van der Waals surface area contributed by atoms with E-state index in [1.54, 1.807) is 6.07 Å². The Balaban J connectivity index is 2.78. The van der Waals surface area contributed by atoms with Crippen molar-refractivity contribution >= 4 is 11.6 Å². The number of aromatic hydroxyl groups is 1. The van der Waals surface area contributed by atoms with Crippen molar-refractivity contribution < 1.29 is 5.11 Å². The van der Waals surface area contributed by atoms with Crippen LogP contribution in [0.4, 0.5) is 0 Å². The van der Waals surface area contributed by atoms with Gasteiger partial charge in [0.15, 0.2) is 0 Å². The number of benzene rings is 1. The molecule has 0 fully saturated rings. The van der Waals surface area contributed by atoms with Crippen molar-refractivity contribution in [2.24, 2.45) is 0 Å². The molecule has 1 rings (SSSR count). The van der Waals surface area contributed by atoms with Crippen LogP contribution in [0.25, 0.3) is 0 Å². The molecule has 0 aliphatic rings. The number of hydrogen-bond donors (Lipinski definition) is 1. The lowest BCUT2D eigenvalue weighted by atomic mass is 10.1. The van der Waals surface area contributed by atoms with E-state index < -0.39 is 0 Å². The van der Waals surface area contributed by atoms with E-state index in [0.717, 1.165) is 30.4 Å². The van der Waals surface area contributed by atoms with E-state index in [1.807, 2.05) is 12.1 Å². The number of phenols is 1. The molecule has 0 aliphatic heterocycles. The van der Waals surface area contributed by atoms with Gasteiger partial charge in [-0.1, -0.05) is 25.5 Å². The molecule has 0 heterocycles. The van der Waals surface area contributed by atoms with E-state index in [1.165, 1.54) is 0 Å². The predicted octanol–water partition coefficient (Wildman–Crippen LogP) is 3.47. The maximum atomic E-state index is 9.51. The van der Waals surface area contributed by atoms with Gasteiger partial charge in [-0.15, -0.1) is 11.6 Å². The van der Waals surface area contributed by atoms with Crippen molar-refractivity contribution in [1.82, 2.24) is 0 Å². The van der Waals surface area contributed by atoms with Crippen LogP contribution in [0.15, 0.2) is 18.2 Å². The first-order valence-corrected chi connectivity index (χ1v) is 5.18. The van der Waals surface area contributed by atoms with Gasteiger partial charge in [0.1, 0.15) is 5.75 Å². The molecule has 72 valence electrons. The fourth-order valence-corrected chi connectivity index (χ4v) is 1.46. The van der Waals surface area contributed by atoms with Crippen LogP contribution in [0.5, 0.6) is 5.75 Å². The minimum atomic E-state index is 0.391. The Labute approximate surface area is 84.4 Å². The van der Waals surface area contributed by atoms with Crippen LogP contribution < -0.4 is 0 Å². The van der Waals surface area contributed by atoms with Gasteiger partial charge in [-0.2, -0.15) is 0 Å². The van der Waals surface area contributed by atoms with Gasteiger partial charge in [-0.25, -0.2) is 0 Å². The number of alkyl halides is 1. The highest BCUT2D eigenvalue weighted by Crippen LogP contribution is 2.21. The summed E-state index contributed by atoms with van der Waals surface area (Å²) in [6.07, 6.45) is 3.19. The summed E-state index contributed by atoms with van der Waals surface area (Å²) in [6, 6.07) is 5.57. The zero-order valence-corrected chi connectivity index (χ0v) is 8.64. The Morgan fingerprint density at radius 3 is 2.77 bits per heavy atom.